The van der Waals surface area contributed by atoms with Crippen molar-refractivity contribution in [2.75, 3.05) is 6.54 Å². The quantitative estimate of drug-likeness (QED) is 0.753. The van der Waals surface area contributed by atoms with E-state index in [1.165, 1.54) is 5.69 Å². The zero-order valence-electron chi connectivity index (χ0n) is 9.85. The number of hydrogen-bond acceptors (Lipinski definition) is 2. The summed E-state index contributed by atoms with van der Waals surface area (Å²) in [6, 6.07) is 0.273. The molecule has 2 N–H and O–H groups in total. The van der Waals surface area contributed by atoms with Crippen molar-refractivity contribution < 1.29 is 0 Å². The van der Waals surface area contributed by atoms with Crippen LogP contribution in [-0.4, -0.2) is 16.1 Å². The van der Waals surface area contributed by atoms with Crippen molar-refractivity contribution in [1.82, 2.24) is 9.55 Å². The van der Waals surface area contributed by atoms with Crippen molar-refractivity contribution in [1.29, 1.82) is 0 Å². The Bertz CT molecular complexity index is 314. The van der Waals surface area contributed by atoms with E-state index in [9.17, 15) is 0 Å². The maximum atomic E-state index is 5.81. The number of nitrogens with zero attached hydrogens (tertiary/aromatic N) is 2. The van der Waals surface area contributed by atoms with Crippen molar-refractivity contribution in [2.45, 2.75) is 32.7 Å². The molecule has 1 aromatic heterocycles. The highest BCUT2D eigenvalue weighted by atomic mass is 15.1. The predicted molar refractivity (Wildman–Crippen MR) is 63.8 cm³/mol. The van der Waals surface area contributed by atoms with Crippen LogP contribution < -0.4 is 5.73 Å². The average molecular weight is 207 g/mol. The van der Waals surface area contributed by atoms with E-state index < -0.39 is 0 Å². The number of hydrogen-bond donors (Lipinski definition) is 1. The standard InChI is InChI=1S/C12H21N3/c1-5-10(4)15-8-14-7-12(15)11(6-13)9(2)3/h5,7-11H,1,6,13H2,2-4H3. The van der Waals surface area contributed by atoms with Gasteiger partial charge in [0, 0.05) is 30.4 Å². The molecule has 1 rings (SSSR count). The molecule has 0 saturated heterocycles. The SMILES string of the molecule is C=CC(C)n1cncc1C(CN)C(C)C. The molecule has 0 fully saturated rings. The summed E-state index contributed by atoms with van der Waals surface area (Å²) in [6.07, 6.45) is 5.68. The average Bonchev–Trinajstić information content (AvgIpc) is 2.66. The Morgan fingerprint density at radius 3 is 2.67 bits per heavy atom. The van der Waals surface area contributed by atoms with Gasteiger partial charge in [0.15, 0.2) is 0 Å². The van der Waals surface area contributed by atoms with Gasteiger partial charge in [-0.1, -0.05) is 19.9 Å². The van der Waals surface area contributed by atoms with E-state index in [1.54, 1.807) is 0 Å². The summed E-state index contributed by atoms with van der Waals surface area (Å²) in [7, 11) is 0. The molecule has 0 spiro atoms. The second-order valence-corrected chi connectivity index (χ2v) is 4.29. The van der Waals surface area contributed by atoms with Crippen molar-refractivity contribution in [3.05, 3.63) is 30.9 Å². The fourth-order valence-electron chi connectivity index (χ4n) is 1.79. The summed E-state index contributed by atoms with van der Waals surface area (Å²) in [4.78, 5) is 4.20. The Morgan fingerprint density at radius 2 is 2.20 bits per heavy atom. The van der Waals surface area contributed by atoms with E-state index in [1.807, 2.05) is 18.6 Å². The molecule has 84 valence electrons. The highest BCUT2D eigenvalue weighted by molar-refractivity contribution is 5.10. The minimum atomic E-state index is 0.273. The van der Waals surface area contributed by atoms with Crippen molar-refractivity contribution in [2.24, 2.45) is 11.7 Å². The minimum Gasteiger partial charge on any atom is -0.330 e. The first-order valence-electron chi connectivity index (χ1n) is 5.46. The molecule has 2 unspecified atom stereocenters. The van der Waals surface area contributed by atoms with Crippen LogP contribution in [0, 0.1) is 5.92 Å². The summed E-state index contributed by atoms with van der Waals surface area (Å²) in [5, 5.41) is 0. The third-order valence-corrected chi connectivity index (χ3v) is 2.91. The number of nitrogens with two attached hydrogens (primary N) is 1. The molecule has 0 amide bonds. The van der Waals surface area contributed by atoms with Crippen LogP contribution in [0.2, 0.25) is 0 Å². The van der Waals surface area contributed by atoms with Gasteiger partial charge in [0.2, 0.25) is 0 Å². The van der Waals surface area contributed by atoms with Crippen molar-refractivity contribution in [3.63, 3.8) is 0 Å². The molecule has 0 bridgehead atoms. The third-order valence-electron chi connectivity index (χ3n) is 2.91. The van der Waals surface area contributed by atoms with Crippen LogP contribution in [0.15, 0.2) is 25.2 Å². The number of allylic oxidation sites excluding steroid dienone is 1. The molecular formula is C12H21N3. The van der Waals surface area contributed by atoms with Gasteiger partial charge < -0.3 is 10.3 Å². The van der Waals surface area contributed by atoms with Gasteiger partial charge in [-0.25, -0.2) is 4.98 Å². The lowest BCUT2D eigenvalue weighted by Gasteiger charge is -2.22. The summed E-state index contributed by atoms with van der Waals surface area (Å²) in [5.74, 6) is 0.900. The highest BCUT2D eigenvalue weighted by Crippen LogP contribution is 2.25. The number of rotatable bonds is 5. The zero-order chi connectivity index (χ0) is 11.4. The maximum absolute atomic E-state index is 5.81. The van der Waals surface area contributed by atoms with E-state index in [2.05, 4.69) is 36.9 Å². The van der Waals surface area contributed by atoms with Crippen LogP contribution in [-0.2, 0) is 0 Å². The minimum absolute atomic E-state index is 0.273. The lowest BCUT2D eigenvalue weighted by molar-refractivity contribution is 0.466. The first kappa shape index (κ1) is 12.0. The molecule has 0 aromatic carbocycles. The van der Waals surface area contributed by atoms with Gasteiger partial charge in [-0.05, 0) is 12.8 Å². The molecule has 2 atom stereocenters. The summed E-state index contributed by atoms with van der Waals surface area (Å²) < 4.78 is 2.14. The fraction of sp³-hybridized carbons (Fsp3) is 0.583. The molecular weight excluding hydrogens is 186 g/mol. The number of aromatic nitrogens is 2. The Balaban J connectivity index is 3.02. The molecule has 0 radical (unpaired) electrons. The topological polar surface area (TPSA) is 43.8 Å². The second kappa shape index (κ2) is 5.12. The van der Waals surface area contributed by atoms with E-state index in [0.717, 1.165) is 0 Å². The fourth-order valence-corrected chi connectivity index (χ4v) is 1.79. The first-order chi connectivity index (χ1) is 7.11. The van der Waals surface area contributed by atoms with Gasteiger partial charge in [-0.2, -0.15) is 0 Å². The van der Waals surface area contributed by atoms with Crippen LogP contribution in [0.4, 0.5) is 0 Å². The van der Waals surface area contributed by atoms with Crippen molar-refractivity contribution in [3.8, 4) is 0 Å². The Hall–Kier alpha value is -1.09. The van der Waals surface area contributed by atoms with Gasteiger partial charge in [0.05, 0.1) is 6.33 Å². The predicted octanol–water partition coefficient (Wildman–Crippen LogP) is 2.33. The maximum Gasteiger partial charge on any atom is 0.0953 e. The van der Waals surface area contributed by atoms with Gasteiger partial charge >= 0.3 is 0 Å². The van der Waals surface area contributed by atoms with Gasteiger partial charge in [-0.3, -0.25) is 0 Å². The van der Waals surface area contributed by atoms with E-state index in [-0.39, 0.29) is 6.04 Å². The lowest BCUT2D eigenvalue weighted by atomic mass is 9.92. The summed E-state index contributed by atoms with van der Waals surface area (Å²) >= 11 is 0. The highest BCUT2D eigenvalue weighted by Gasteiger charge is 2.19. The lowest BCUT2D eigenvalue weighted by Crippen LogP contribution is -2.21. The molecule has 0 aliphatic heterocycles. The van der Waals surface area contributed by atoms with E-state index in [0.29, 0.717) is 18.4 Å². The molecule has 1 aromatic rings. The Kier molecular flexibility index (Phi) is 4.09. The third kappa shape index (κ3) is 2.48. The van der Waals surface area contributed by atoms with Crippen LogP contribution in [0.1, 0.15) is 38.4 Å². The molecule has 0 aliphatic rings. The summed E-state index contributed by atoms with van der Waals surface area (Å²) in [6.45, 7) is 10.9. The van der Waals surface area contributed by atoms with Crippen LogP contribution >= 0.6 is 0 Å². The smallest absolute Gasteiger partial charge is 0.0953 e. The van der Waals surface area contributed by atoms with E-state index >= 15 is 0 Å². The molecule has 0 saturated carbocycles. The Morgan fingerprint density at radius 1 is 1.53 bits per heavy atom. The molecule has 3 nitrogen and oxygen atoms in total. The molecule has 3 heteroatoms. The molecule has 15 heavy (non-hydrogen) atoms. The van der Waals surface area contributed by atoms with Gasteiger partial charge in [0.1, 0.15) is 0 Å². The monoisotopic (exact) mass is 207 g/mol. The largest absolute Gasteiger partial charge is 0.330 e. The second-order valence-electron chi connectivity index (χ2n) is 4.29. The van der Waals surface area contributed by atoms with Crippen LogP contribution in [0.5, 0.6) is 0 Å². The summed E-state index contributed by atoms with van der Waals surface area (Å²) in [5.41, 5.74) is 7.02. The zero-order valence-corrected chi connectivity index (χ0v) is 9.85. The van der Waals surface area contributed by atoms with Gasteiger partial charge in [0.25, 0.3) is 0 Å². The normalized spacial score (nSPS) is 15.3. The molecule has 0 aliphatic carbocycles. The van der Waals surface area contributed by atoms with E-state index in [4.69, 9.17) is 5.73 Å². The molecule has 1 heterocycles. The number of imidazole rings is 1. The van der Waals surface area contributed by atoms with Crippen molar-refractivity contribution >= 4 is 0 Å². The Labute approximate surface area is 92.0 Å². The van der Waals surface area contributed by atoms with Crippen LogP contribution in [0.25, 0.3) is 0 Å². The first-order valence-corrected chi connectivity index (χ1v) is 5.46. The van der Waals surface area contributed by atoms with Crippen LogP contribution in [0.3, 0.4) is 0 Å². The van der Waals surface area contributed by atoms with Gasteiger partial charge in [-0.15, -0.1) is 6.58 Å².